The molecule has 0 aliphatic rings. The lowest BCUT2D eigenvalue weighted by Crippen LogP contribution is -2.06. The maximum Gasteiger partial charge on any atom is 0.305 e. The van der Waals surface area contributed by atoms with E-state index in [1.807, 2.05) is 0 Å². The highest BCUT2D eigenvalue weighted by Gasteiger charge is 2.01. The van der Waals surface area contributed by atoms with Crippen molar-refractivity contribution in [3.63, 3.8) is 0 Å². The molecule has 1 aromatic rings. The van der Waals surface area contributed by atoms with Crippen LogP contribution >= 0.6 is 0 Å². The van der Waals surface area contributed by atoms with Crippen molar-refractivity contribution in [3.8, 4) is 5.75 Å². The lowest BCUT2D eigenvalue weighted by atomic mass is 10.3. The van der Waals surface area contributed by atoms with Gasteiger partial charge in [-0.1, -0.05) is 0 Å². The van der Waals surface area contributed by atoms with Crippen molar-refractivity contribution in [2.24, 2.45) is 0 Å². The molecule has 0 saturated carbocycles. The van der Waals surface area contributed by atoms with Crippen molar-refractivity contribution in [1.29, 1.82) is 0 Å². The zero-order valence-corrected chi connectivity index (χ0v) is 9.24. The Kier molecular flexibility index (Phi) is 5.32. The molecule has 0 N–H and O–H groups in total. The number of hydrogen-bond donors (Lipinski definition) is 0. The van der Waals surface area contributed by atoms with Gasteiger partial charge in [-0.25, -0.2) is 4.39 Å². The third-order valence-electron chi connectivity index (χ3n) is 1.91. The number of carbonyl (C=O) groups is 1. The number of halogens is 1. The third-order valence-corrected chi connectivity index (χ3v) is 1.91. The maximum absolute atomic E-state index is 12.5. The predicted molar refractivity (Wildman–Crippen MR) is 57.8 cm³/mol. The minimum atomic E-state index is -0.293. The molecular weight excluding hydrogens is 211 g/mol. The summed E-state index contributed by atoms with van der Waals surface area (Å²) in [6, 6.07) is 5.78. The van der Waals surface area contributed by atoms with Gasteiger partial charge in [0.15, 0.2) is 0 Å². The fraction of sp³-hybridized carbons (Fsp3) is 0.417. The second kappa shape index (κ2) is 6.82. The van der Waals surface area contributed by atoms with Gasteiger partial charge >= 0.3 is 5.97 Å². The first kappa shape index (κ1) is 12.5. The van der Waals surface area contributed by atoms with Crippen LogP contribution in [0.5, 0.6) is 5.75 Å². The van der Waals surface area contributed by atoms with E-state index in [0.717, 1.165) is 0 Å². The highest BCUT2D eigenvalue weighted by molar-refractivity contribution is 5.69. The third kappa shape index (κ3) is 4.77. The van der Waals surface area contributed by atoms with E-state index in [0.29, 0.717) is 31.8 Å². The van der Waals surface area contributed by atoms with Gasteiger partial charge in [0.25, 0.3) is 0 Å². The molecule has 1 rings (SSSR count). The molecule has 0 aliphatic heterocycles. The fourth-order valence-electron chi connectivity index (χ4n) is 1.17. The molecule has 1 aromatic carbocycles. The first-order valence-electron chi connectivity index (χ1n) is 5.26. The van der Waals surface area contributed by atoms with Gasteiger partial charge < -0.3 is 9.47 Å². The van der Waals surface area contributed by atoms with Crippen LogP contribution in [0.4, 0.5) is 4.39 Å². The Morgan fingerprint density at radius 1 is 1.31 bits per heavy atom. The van der Waals surface area contributed by atoms with Gasteiger partial charge in [-0.2, -0.15) is 0 Å². The molecule has 4 heteroatoms. The van der Waals surface area contributed by atoms with Gasteiger partial charge in [0, 0.05) is 6.42 Å². The van der Waals surface area contributed by atoms with Gasteiger partial charge in [-0.05, 0) is 37.6 Å². The molecule has 88 valence electrons. The van der Waals surface area contributed by atoms with Crippen LogP contribution in [0, 0.1) is 5.82 Å². The van der Waals surface area contributed by atoms with Crippen LogP contribution in [-0.2, 0) is 9.53 Å². The van der Waals surface area contributed by atoms with Gasteiger partial charge in [0.1, 0.15) is 11.6 Å². The summed E-state index contributed by atoms with van der Waals surface area (Å²) in [4.78, 5) is 11.0. The van der Waals surface area contributed by atoms with Gasteiger partial charge in [0.05, 0.1) is 13.2 Å². The highest BCUT2D eigenvalue weighted by Crippen LogP contribution is 2.11. The summed E-state index contributed by atoms with van der Waals surface area (Å²) < 4.78 is 22.6. The SMILES string of the molecule is CCOC(=O)CCCOc1ccc(F)cc1. The van der Waals surface area contributed by atoms with Crippen molar-refractivity contribution < 1.29 is 18.7 Å². The standard InChI is InChI=1S/C12H15FO3/c1-2-15-12(14)4-3-9-16-11-7-5-10(13)6-8-11/h5-8H,2-4,9H2,1H3. The van der Waals surface area contributed by atoms with Crippen molar-refractivity contribution in [1.82, 2.24) is 0 Å². The molecule has 0 amide bonds. The van der Waals surface area contributed by atoms with Gasteiger partial charge in [0.2, 0.25) is 0 Å². The summed E-state index contributed by atoms with van der Waals surface area (Å²) >= 11 is 0. The van der Waals surface area contributed by atoms with Gasteiger partial charge in [-0.3, -0.25) is 4.79 Å². The second-order valence-corrected chi connectivity index (χ2v) is 3.21. The molecule has 3 nitrogen and oxygen atoms in total. The molecule has 0 aromatic heterocycles. The van der Waals surface area contributed by atoms with Crippen LogP contribution in [0.25, 0.3) is 0 Å². The van der Waals surface area contributed by atoms with Gasteiger partial charge in [-0.15, -0.1) is 0 Å². The molecule has 0 fully saturated rings. The summed E-state index contributed by atoms with van der Waals surface area (Å²) in [5, 5.41) is 0. The van der Waals surface area contributed by atoms with E-state index in [1.165, 1.54) is 12.1 Å². The van der Waals surface area contributed by atoms with E-state index in [-0.39, 0.29) is 11.8 Å². The number of benzene rings is 1. The molecule has 0 unspecified atom stereocenters. The smallest absolute Gasteiger partial charge is 0.305 e. The van der Waals surface area contributed by atoms with Crippen molar-refractivity contribution >= 4 is 5.97 Å². The second-order valence-electron chi connectivity index (χ2n) is 3.21. The zero-order chi connectivity index (χ0) is 11.8. The lowest BCUT2D eigenvalue weighted by Gasteiger charge is -2.05. The molecule has 0 radical (unpaired) electrons. The van der Waals surface area contributed by atoms with Crippen LogP contribution < -0.4 is 4.74 Å². The van der Waals surface area contributed by atoms with Crippen LogP contribution in [0.2, 0.25) is 0 Å². The molecule has 0 spiro atoms. The van der Waals surface area contributed by atoms with E-state index < -0.39 is 0 Å². The monoisotopic (exact) mass is 226 g/mol. The number of hydrogen-bond acceptors (Lipinski definition) is 3. The van der Waals surface area contributed by atoms with Crippen LogP contribution in [0.15, 0.2) is 24.3 Å². The van der Waals surface area contributed by atoms with E-state index >= 15 is 0 Å². The Bertz CT molecular complexity index is 322. The Labute approximate surface area is 94.2 Å². The summed E-state index contributed by atoms with van der Waals surface area (Å²) in [5.74, 6) is 0.0920. The van der Waals surface area contributed by atoms with E-state index in [4.69, 9.17) is 9.47 Å². The largest absolute Gasteiger partial charge is 0.494 e. The highest BCUT2D eigenvalue weighted by atomic mass is 19.1. The molecule has 0 bridgehead atoms. The molecule has 0 atom stereocenters. The average Bonchev–Trinajstić information content (AvgIpc) is 2.27. The zero-order valence-electron chi connectivity index (χ0n) is 9.24. The fourth-order valence-corrected chi connectivity index (χ4v) is 1.17. The normalized spacial score (nSPS) is 9.88. The predicted octanol–water partition coefficient (Wildman–Crippen LogP) is 2.55. The molecule has 0 saturated heterocycles. The van der Waals surface area contributed by atoms with E-state index in [2.05, 4.69) is 0 Å². The quantitative estimate of drug-likeness (QED) is 0.552. The van der Waals surface area contributed by atoms with E-state index in [9.17, 15) is 9.18 Å². The summed E-state index contributed by atoms with van der Waals surface area (Å²) in [7, 11) is 0. The summed E-state index contributed by atoms with van der Waals surface area (Å²) in [5.41, 5.74) is 0. The minimum Gasteiger partial charge on any atom is -0.494 e. The van der Waals surface area contributed by atoms with Crippen LogP contribution in [0.3, 0.4) is 0 Å². The van der Waals surface area contributed by atoms with Crippen LogP contribution in [-0.4, -0.2) is 19.2 Å². The van der Waals surface area contributed by atoms with E-state index in [1.54, 1.807) is 19.1 Å². The summed E-state index contributed by atoms with van der Waals surface area (Å²) in [6.45, 7) is 2.59. The number of ether oxygens (including phenoxy) is 2. The average molecular weight is 226 g/mol. The Morgan fingerprint density at radius 2 is 2.00 bits per heavy atom. The summed E-state index contributed by atoms with van der Waals surface area (Å²) in [6.07, 6.45) is 0.936. The van der Waals surface area contributed by atoms with Crippen molar-refractivity contribution in [3.05, 3.63) is 30.1 Å². The Hall–Kier alpha value is -1.58. The lowest BCUT2D eigenvalue weighted by molar-refractivity contribution is -0.143. The Morgan fingerprint density at radius 3 is 2.62 bits per heavy atom. The van der Waals surface area contributed by atoms with Crippen LogP contribution in [0.1, 0.15) is 19.8 Å². The molecular formula is C12H15FO3. The molecule has 0 aliphatic carbocycles. The number of esters is 1. The topological polar surface area (TPSA) is 35.5 Å². The first-order chi connectivity index (χ1) is 7.72. The number of rotatable bonds is 6. The Balaban J connectivity index is 2.16. The molecule has 16 heavy (non-hydrogen) atoms. The minimum absolute atomic E-state index is 0.217. The number of carbonyl (C=O) groups excluding carboxylic acids is 1. The van der Waals surface area contributed by atoms with Crippen molar-refractivity contribution in [2.45, 2.75) is 19.8 Å². The maximum atomic E-state index is 12.5. The van der Waals surface area contributed by atoms with Crippen molar-refractivity contribution in [2.75, 3.05) is 13.2 Å². The molecule has 0 heterocycles. The first-order valence-corrected chi connectivity index (χ1v) is 5.26.